The van der Waals surface area contributed by atoms with Crippen molar-refractivity contribution in [2.75, 3.05) is 13.2 Å². The zero-order valence-corrected chi connectivity index (χ0v) is 21.1. The van der Waals surface area contributed by atoms with Crippen LogP contribution < -0.4 is 9.47 Å². The second kappa shape index (κ2) is 11.0. The molecule has 0 radical (unpaired) electrons. The molecule has 39 heavy (non-hydrogen) atoms. The number of ketones is 1. The van der Waals surface area contributed by atoms with Gasteiger partial charge in [-0.3, -0.25) is 4.79 Å². The molecular formula is C27H32O12. The lowest BCUT2D eigenvalue weighted by Crippen LogP contribution is -2.61. The van der Waals surface area contributed by atoms with Gasteiger partial charge in [-0.15, -0.1) is 0 Å². The van der Waals surface area contributed by atoms with Crippen molar-refractivity contribution < 1.29 is 59.1 Å². The summed E-state index contributed by atoms with van der Waals surface area (Å²) < 4.78 is 28.8. The zero-order valence-electron chi connectivity index (χ0n) is 21.1. The molecule has 6 N–H and O–H groups in total. The number of benzene rings is 2. The maximum atomic E-state index is 12.6. The highest BCUT2D eigenvalue weighted by molar-refractivity contribution is 6.00. The Kier molecular flexibility index (Phi) is 7.82. The van der Waals surface area contributed by atoms with E-state index in [2.05, 4.69) is 0 Å². The fourth-order valence-electron chi connectivity index (χ4n) is 4.94. The Bertz CT molecular complexity index is 1170. The number of aromatic hydroxyl groups is 1. The van der Waals surface area contributed by atoms with Crippen molar-refractivity contribution in [3.05, 3.63) is 53.6 Å². The summed E-state index contributed by atoms with van der Waals surface area (Å²) >= 11 is 0. The Labute approximate surface area is 223 Å². The first-order valence-electron chi connectivity index (χ1n) is 12.7. The van der Waals surface area contributed by atoms with Crippen LogP contribution in [0.4, 0.5) is 0 Å². The van der Waals surface area contributed by atoms with Gasteiger partial charge in [0.1, 0.15) is 47.3 Å². The molecule has 0 saturated carbocycles. The molecule has 5 rings (SSSR count). The third-order valence-electron chi connectivity index (χ3n) is 7.33. The molecular weight excluding hydrogens is 516 g/mol. The molecule has 2 saturated heterocycles. The van der Waals surface area contributed by atoms with Crippen LogP contribution >= 0.6 is 0 Å². The molecule has 9 unspecified atom stereocenters. The van der Waals surface area contributed by atoms with E-state index in [1.165, 1.54) is 18.2 Å². The van der Waals surface area contributed by atoms with Crippen LogP contribution in [0.1, 0.15) is 41.8 Å². The van der Waals surface area contributed by atoms with Gasteiger partial charge in [0, 0.05) is 6.07 Å². The van der Waals surface area contributed by atoms with E-state index in [0.29, 0.717) is 29.0 Å². The van der Waals surface area contributed by atoms with Gasteiger partial charge in [0.05, 0.1) is 31.3 Å². The Morgan fingerprint density at radius 1 is 1.05 bits per heavy atom. The lowest BCUT2D eigenvalue weighted by molar-refractivity contribution is -0.316. The standard InChI is InChI=1S/C27H32O12/c1-2-18-21(31)22(32)23(39-26-24(33)27(34,11-28)12-35-26)25(38-18)36-15-6-3-13(4-7-15)19-10-17(30)16-8-5-14(29)9-20(16)37-19/h3-9,18-19,21-26,28-29,31-34H,2,10-12H2,1H3. The van der Waals surface area contributed by atoms with Gasteiger partial charge in [-0.25, -0.2) is 0 Å². The highest BCUT2D eigenvalue weighted by Crippen LogP contribution is 2.38. The van der Waals surface area contributed by atoms with E-state index in [1.807, 2.05) is 0 Å². The van der Waals surface area contributed by atoms with Crippen molar-refractivity contribution in [3.8, 4) is 17.2 Å². The van der Waals surface area contributed by atoms with Gasteiger partial charge in [-0.05, 0) is 36.2 Å². The molecule has 3 aliphatic heterocycles. The first kappa shape index (κ1) is 27.7. The fraction of sp³-hybridized carbons (Fsp3) is 0.519. The van der Waals surface area contributed by atoms with E-state index < -0.39 is 68.0 Å². The fourth-order valence-corrected chi connectivity index (χ4v) is 4.94. The largest absolute Gasteiger partial charge is 0.508 e. The van der Waals surface area contributed by atoms with Gasteiger partial charge in [0.25, 0.3) is 0 Å². The monoisotopic (exact) mass is 548 g/mol. The van der Waals surface area contributed by atoms with E-state index in [0.717, 1.165) is 0 Å². The molecule has 12 heteroatoms. The van der Waals surface area contributed by atoms with Gasteiger partial charge >= 0.3 is 0 Å². The topological polar surface area (TPSA) is 185 Å². The van der Waals surface area contributed by atoms with Crippen LogP contribution in [0.5, 0.6) is 17.2 Å². The van der Waals surface area contributed by atoms with Crippen molar-refractivity contribution in [2.24, 2.45) is 0 Å². The number of carbonyl (C=O) groups excluding carboxylic acids is 1. The predicted octanol–water partition coefficient (Wildman–Crippen LogP) is 0.160. The Balaban J connectivity index is 1.31. The molecule has 0 aliphatic carbocycles. The van der Waals surface area contributed by atoms with Crippen LogP contribution in [0.25, 0.3) is 0 Å². The predicted molar refractivity (Wildman–Crippen MR) is 131 cm³/mol. The molecule has 2 aromatic carbocycles. The number of carbonyl (C=O) groups is 1. The molecule has 0 aromatic heterocycles. The molecule has 212 valence electrons. The summed E-state index contributed by atoms with van der Waals surface area (Å²) in [5.74, 6) is 0.495. The normalized spacial score (nSPS) is 36.3. The molecule has 3 aliphatic rings. The molecule has 3 heterocycles. The molecule has 2 aromatic rings. The third kappa shape index (κ3) is 5.34. The first-order valence-corrected chi connectivity index (χ1v) is 12.7. The molecule has 0 spiro atoms. The molecule has 2 fully saturated rings. The summed E-state index contributed by atoms with van der Waals surface area (Å²) in [5.41, 5.74) is -0.844. The van der Waals surface area contributed by atoms with Gasteiger partial charge < -0.3 is 54.3 Å². The summed E-state index contributed by atoms with van der Waals surface area (Å²) in [6, 6.07) is 11.0. The van der Waals surface area contributed by atoms with E-state index >= 15 is 0 Å². The highest BCUT2D eigenvalue weighted by Gasteiger charge is 2.53. The number of phenols is 1. The maximum Gasteiger partial charge on any atom is 0.229 e. The van der Waals surface area contributed by atoms with E-state index in [9.17, 15) is 35.4 Å². The minimum atomic E-state index is -1.94. The lowest BCUT2D eigenvalue weighted by atomic mass is 9.96. The molecule has 0 amide bonds. The average Bonchev–Trinajstić information content (AvgIpc) is 3.21. The summed E-state index contributed by atoms with van der Waals surface area (Å²) in [5, 5.41) is 61.1. The number of hydrogen-bond acceptors (Lipinski definition) is 12. The number of fused-ring (bicyclic) bond motifs is 1. The second-order valence-corrected chi connectivity index (χ2v) is 10.0. The van der Waals surface area contributed by atoms with Gasteiger partial charge in [-0.1, -0.05) is 19.1 Å². The molecule has 9 atom stereocenters. The van der Waals surface area contributed by atoms with Gasteiger partial charge in [0.15, 0.2) is 18.2 Å². The third-order valence-corrected chi connectivity index (χ3v) is 7.33. The summed E-state index contributed by atoms with van der Waals surface area (Å²) in [7, 11) is 0. The maximum absolute atomic E-state index is 12.6. The summed E-state index contributed by atoms with van der Waals surface area (Å²) in [6.45, 7) is 0.595. The van der Waals surface area contributed by atoms with Crippen LogP contribution in [0.3, 0.4) is 0 Å². The zero-order chi connectivity index (χ0) is 27.9. The summed E-state index contributed by atoms with van der Waals surface area (Å²) in [4.78, 5) is 12.6. The molecule has 0 bridgehead atoms. The Hall–Kier alpha value is -2.81. The Morgan fingerprint density at radius 2 is 1.79 bits per heavy atom. The highest BCUT2D eigenvalue weighted by atomic mass is 16.8. The average molecular weight is 549 g/mol. The number of ether oxygens (including phenoxy) is 5. The van der Waals surface area contributed by atoms with Crippen LogP contribution in [0, 0.1) is 0 Å². The van der Waals surface area contributed by atoms with Crippen molar-refractivity contribution in [1.29, 1.82) is 0 Å². The van der Waals surface area contributed by atoms with Crippen LogP contribution in [0.2, 0.25) is 0 Å². The van der Waals surface area contributed by atoms with E-state index in [1.54, 1.807) is 31.2 Å². The van der Waals surface area contributed by atoms with Crippen molar-refractivity contribution >= 4 is 5.78 Å². The van der Waals surface area contributed by atoms with Gasteiger partial charge in [-0.2, -0.15) is 0 Å². The second-order valence-electron chi connectivity index (χ2n) is 10.0. The number of rotatable bonds is 7. The quantitative estimate of drug-likeness (QED) is 0.276. The van der Waals surface area contributed by atoms with Crippen molar-refractivity contribution in [2.45, 2.75) is 74.6 Å². The smallest absolute Gasteiger partial charge is 0.229 e. The SMILES string of the molecule is CCC1OC(Oc2ccc(C3CC(=O)c4ccc(O)cc4O3)cc2)C(OC2OCC(O)(CO)C2O)C(O)C1O. The number of hydrogen-bond donors (Lipinski definition) is 6. The summed E-state index contributed by atoms with van der Waals surface area (Å²) in [6.07, 6.45) is -9.28. The van der Waals surface area contributed by atoms with E-state index in [4.69, 9.17) is 23.7 Å². The van der Waals surface area contributed by atoms with Gasteiger partial charge in [0.2, 0.25) is 6.29 Å². The number of Topliss-reactive ketones (excluding diaryl/α,β-unsaturated/α-hetero) is 1. The number of phenolic OH excluding ortho intramolecular Hbond substituents is 1. The minimum absolute atomic E-state index is 0.00976. The van der Waals surface area contributed by atoms with Crippen molar-refractivity contribution in [3.63, 3.8) is 0 Å². The van der Waals surface area contributed by atoms with Crippen LogP contribution in [0.15, 0.2) is 42.5 Å². The Morgan fingerprint density at radius 3 is 2.46 bits per heavy atom. The lowest BCUT2D eigenvalue weighted by Gasteiger charge is -2.43. The number of aliphatic hydroxyl groups excluding tert-OH is 4. The minimum Gasteiger partial charge on any atom is -0.508 e. The number of aliphatic hydroxyl groups is 5. The van der Waals surface area contributed by atoms with E-state index in [-0.39, 0.29) is 18.0 Å². The van der Waals surface area contributed by atoms with Crippen molar-refractivity contribution in [1.82, 2.24) is 0 Å². The van der Waals surface area contributed by atoms with Crippen LogP contribution in [-0.4, -0.2) is 98.3 Å². The molecule has 12 nitrogen and oxygen atoms in total. The first-order chi connectivity index (χ1) is 18.6. The van der Waals surface area contributed by atoms with Crippen LogP contribution in [-0.2, 0) is 14.2 Å².